The molecular formula is C12H19ClN4O2S2. The Hall–Kier alpha value is -0.800. The summed E-state index contributed by atoms with van der Waals surface area (Å²) in [7, 11) is -3.64. The van der Waals surface area contributed by atoms with Gasteiger partial charge in [-0.3, -0.25) is 0 Å². The van der Waals surface area contributed by atoms with Crippen LogP contribution < -0.4 is 10.5 Å². The number of hydrogen-bond acceptors (Lipinski definition) is 6. The molecule has 6 nitrogen and oxygen atoms in total. The Labute approximate surface area is 134 Å². The lowest BCUT2D eigenvalue weighted by atomic mass is 9.95. The topological polar surface area (TPSA) is 98.0 Å². The third-order valence-electron chi connectivity index (χ3n) is 3.56. The smallest absolute Gasteiger partial charge is 0.242 e. The normalized spacial score (nSPS) is 12.3. The molecule has 0 saturated heterocycles. The summed E-state index contributed by atoms with van der Waals surface area (Å²) in [5.74, 6) is 0. The number of hydrogen-bond donors (Lipinski definition) is 2. The van der Waals surface area contributed by atoms with E-state index in [9.17, 15) is 8.42 Å². The van der Waals surface area contributed by atoms with Crippen molar-refractivity contribution < 1.29 is 8.42 Å². The Morgan fingerprint density at radius 1 is 1.29 bits per heavy atom. The summed E-state index contributed by atoms with van der Waals surface area (Å²) in [6, 6.07) is 4.93. The highest BCUT2D eigenvalue weighted by molar-refractivity contribution is 7.89. The van der Waals surface area contributed by atoms with E-state index in [2.05, 4.69) is 13.5 Å². The van der Waals surface area contributed by atoms with Gasteiger partial charge in [0.05, 0.1) is 11.7 Å². The number of halogens is 1. The van der Waals surface area contributed by atoms with Gasteiger partial charge in [-0.2, -0.15) is 8.75 Å². The summed E-state index contributed by atoms with van der Waals surface area (Å²) in [6.07, 6.45) is 1.41. The predicted molar refractivity (Wildman–Crippen MR) is 87.4 cm³/mol. The monoisotopic (exact) mass is 350 g/mol. The number of sulfonamides is 1. The highest BCUT2D eigenvalue weighted by atomic mass is 35.5. The van der Waals surface area contributed by atoms with Crippen molar-refractivity contribution in [2.24, 2.45) is 5.73 Å². The molecule has 0 bridgehead atoms. The Morgan fingerprint density at radius 3 is 2.57 bits per heavy atom. The van der Waals surface area contributed by atoms with E-state index in [4.69, 9.17) is 5.73 Å². The summed E-state index contributed by atoms with van der Waals surface area (Å²) in [5, 5.41) is 0. The Morgan fingerprint density at radius 2 is 1.95 bits per heavy atom. The fourth-order valence-corrected chi connectivity index (χ4v) is 3.72. The predicted octanol–water partition coefficient (Wildman–Crippen LogP) is 1.91. The van der Waals surface area contributed by atoms with Crippen LogP contribution in [0.1, 0.15) is 26.7 Å². The maximum atomic E-state index is 12.4. The maximum absolute atomic E-state index is 12.4. The minimum atomic E-state index is -3.64. The minimum absolute atomic E-state index is 0. The van der Waals surface area contributed by atoms with Crippen LogP contribution in [0, 0.1) is 0 Å². The highest BCUT2D eigenvalue weighted by Crippen LogP contribution is 2.21. The molecule has 0 spiro atoms. The largest absolute Gasteiger partial charge is 0.324 e. The van der Waals surface area contributed by atoms with E-state index in [0.717, 1.165) is 11.7 Å². The first-order valence-corrected chi connectivity index (χ1v) is 8.63. The van der Waals surface area contributed by atoms with E-state index in [-0.39, 0.29) is 23.8 Å². The van der Waals surface area contributed by atoms with Crippen molar-refractivity contribution in [1.29, 1.82) is 0 Å². The van der Waals surface area contributed by atoms with Gasteiger partial charge in [-0.15, -0.1) is 12.4 Å². The van der Waals surface area contributed by atoms with Crippen LogP contribution in [0.4, 0.5) is 0 Å². The van der Waals surface area contributed by atoms with E-state index in [1.807, 2.05) is 13.8 Å². The van der Waals surface area contributed by atoms with Crippen LogP contribution in [-0.4, -0.2) is 29.2 Å². The van der Waals surface area contributed by atoms with Gasteiger partial charge >= 0.3 is 0 Å². The van der Waals surface area contributed by atoms with Gasteiger partial charge in [0, 0.05) is 12.1 Å². The van der Waals surface area contributed by atoms with Crippen molar-refractivity contribution in [3.05, 3.63) is 18.2 Å². The fourth-order valence-electron chi connectivity index (χ4n) is 1.81. The number of benzene rings is 1. The number of nitrogens with two attached hydrogens (primary N) is 1. The molecule has 0 amide bonds. The number of aromatic nitrogens is 2. The molecule has 1 heterocycles. The van der Waals surface area contributed by atoms with Gasteiger partial charge in [-0.05, 0) is 25.0 Å². The number of nitrogens with one attached hydrogen (secondary N) is 1. The SMILES string of the molecule is CCC(N)(CC)CNS(=O)(=O)c1cccc2nsnc12.Cl. The first-order valence-electron chi connectivity index (χ1n) is 6.42. The van der Waals surface area contributed by atoms with Crippen LogP contribution in [0.3, 0.4) is 0 Å². The van der Waals surface area contributed by atoms with Crippen LogP contribution in [0.25, 0.3) is 11.0 Å². The molecule has 0 aliphatic rings. The van der Waals surface area contributed by atoms with E-state index in [0.29, 0.717) is 23.9 Å². The second kappa shape index (κ2) is 6.97. The molecule has 2 aromatic rings. The number of nitrogens with zero attached hydrogens (tertiary/aromatic N) is 2. The van der Waals surface area contributed by atoms with Crippen LogP contribution in [0.5, 0.6) is 0 Å². The zero-order valence-electron chi connectivity index (χ0n) is 11.9. The Kier molecular flexibility index (Phi) is 6.06. The molecule has 0 saturated carbocycles. The van der Waals surface area contributed by atoms with Gasteiger partial charge in [0.2, 0.25) is 10.0 Å². The zero-order chi connectivity index (χ0) is 14.8. The summed E-state index contributed by atoms with van der Waals surface area (Å²) in [5.41, 5.74) is 6.58. The molecule has 0 fully saturated rings. The molecular weight excluding hydrogens is 332 g/mol. The Bertz CT molecular complexity index is 698. The second-order valence-corrected chi connectivity index (χ2v) is 7.05. The first-order chi connectivity index (χ1) is 9.42. The molecule has 9 heteroatoms. The first kappa shape index (κ1) is 18.2. The summed E-state index contributed by atoms with van der Waals surface area (Å²) >= 11 is 0.999. The van der Waals surface area contributed by atoms with Gasteiger partial charge in [-0.25, -0.2) is 13.1 Å². The lowest BCUT2D eigenvalue weighted by Crippen LogP contribution is -2.49. The standard InChI is InChI=1S/C12H18N4O2S2.ClH/c1-3-12(13,4-2)8-14-20(17,18)10-7-5-6-9-11(10)16-19-15-9;/h5-7,14H,3-4,8,13H2,1-2H3;1H. The van der Waals surface area contributed by atoms with Crippen LogP contribution in [0.15, 0.2) is 23.1 Å². The van der Waals surface area contributed by atoms with E-state index >= 15 is 0 Å². The average molecular weight is 351 g/mol. The molecule has 0 radical (unpaired) electrons. The van der Waals surface area contributed by atoms with Crippen molar-refractivity contribution in [1.82, 2.24) is 13.5 Å². The van der Waals surface area contributed by atoms with Crippen LogP contribution in [-0.2, 0) is 10.0 Å². The van der Waals surface area contributed by atoms with Gasteiger partial charge in [-0.1, -0.05) is 19.9 Å². The lowest BCUT2D eigenvalue weighted by molar-refractivity contribution is 0.392. The molecule has 3 N–H and O–H groups in total. The van der Waals surface area contributed by atoms with Gasteiger partial charge in [0.15, 0.2) is 0 Å². The van der Waals surface area contributed by atoms with Crippen LogP contribution >= 0.6 is 24.1 Å². The zero-order valence-corrected chi connectivity index (χ0v) is 14.3. The highest BCUT2D eigenvalue weighted by Gasteiger charge is 2.25. The van der Waals surface area contributed by atoms with Crippen molar-refractivity contribution in [3.63, 3.8) is 0 Å². The molecule has 1 aromatic carbocycles. The fraction of sp³-hybridized carbons (Fsp3) is 0.500. The van der Waals surface area contributed by atoms with Gasteiger partial charge < -0.3 is 5.73 Å². The summed E-state index contributed by atoms with van der Waals surface area (Å²) < 4.78 is 35.5. The van der Waals surface area contributed by atoms with E-state index in [1.165, 1.54) is 6.07 Å². The average Bonchev–Trinajstić information content (AvgIpc) is 2.93. The van der Waals surface area contributed by atoms with Crippen molar-refractivity contribution in [2.45, 2.75) is 37.1 Å². The molecule has 118 valence electrons. The van der Waals surface area contributed by atoms with Crippen molar-refractivity contribution in [3.8, 4) is 0 Å². The maximum Gasteiger partial charge on any atom is 0.242 e. The Balaban J connectivity index is 0.00000220. The molecule has 1 aromatic heterocycles. The molecule has 0 unspecified atom stereocenters. The second-order valence-electron chi connectivity index (χ2n) is 4.78. The third kappa shape index (κ3) is 3.89. The number of fused-ring (bicyclic) bond motifs is 1. The molecule has 0 atom stereocenters. The summed E-state index contributed by atoms with van der Waals surface area (Å²) in [6.45, 7) is 4.10. The molecule has 0 aliphatic carbocycles. The van der Waals surface area contributed by atoms with Crippen molar-refractivity contribution in [2.75, 3.05) is 6.54 Å². The van der Waals surface area contributed by atoms with Crippen LogP contribution in [0.2, 0.25) is 0 Å². The minimum Gasteiger partial charge on any atom is -0.324 e. The van der Waals surface area contributed by atoms with Crippen molar-refractivity contribution >= 4 is 45.2 Å². The van der Waals surface area contributed by atoms with Gasteiger partial charge in [0.1, 0.15) is 15.9 Å². The van der Waals surface area contributed by atoms with Gasteiger partial charge in [0.25, 0.3) is 0 Å². The number of rotatable bonds is 6. The third-order valence-corrected chi connectivity index (χ3v) is 5.54. The van der Waals surface area contributed by atoms with E-state index in [1.54, 1.807) is 12.1 Å². The molecule has 0 aliphatic heterocycles. The van der Waals surface area contributed by atoms with E-state index < -0.39 is 15.6 Å². The lowest BCUT2D eigenvalue weighted by Gasteiger charge is -2.26. The summed E-state index contributed by atoms with van der Waals surface area (Å²) in [4.78, 5) is 0.151. The molecule has 2 rings (SSSR count). The quantitative estimate of drug-likeness (QED) is 0.829. The molecule has 21 heavy (non-hydrogen) atoms.